The van der Waals surface area contributed by atoms with Crippen molar-refractivity contribution in [2.24, 2.45) is 17.8 Å². The third-order valence-electron chi connectivity index (χ3n) is 19.2. The lowest BCUT2D eigenvalue weighted by Gasteiger charge is -2.50. The molecule has 440 valence electrons. The highest BCUT2D eigenvalue weighted by molar-refractivity contribution is 7.13. The van der Waals surface area contributed by atoms with Crippen LogP contribution in [0.5, 0.6) is 11.6 Å². The number of carbonyl (C=O) groups is 2. The predicted octanol–water partition coefficient (Wildman–Crippen LogP) is 8.15. The van der Waals surface area contributed by atoms with Crippen LogP contribution < -0.4 is 30.5 Å². The summed E-state index contributed by atoms with van der Waals surface area (Å²) in [6, 6.07) is 22.9. The van der Waals surface area contributed by atoms with Crippen molar-refractivity contribution < 1.29 is 29.1 Å². The van der Waals surface area contributed by atoms with Gasteiger partial charge in [-0.1, -0.05) is 55.4 Å². The Morgan fingerprint density at radius 2 is 1.60 bits per heavy atom. The summed E-state index contributed by atoms with van der Waals surface area (Å²) in [7, 11) is 0. The first-order valence-corrected chi connectivity index (χ1v) is 31.0. The van der Waals surface area contributed by atoms with Crippen LogP contribution in [0.25, 0.3) is 21.7 Å². The number of β-amino-alcohol motifs (C(OH)–C–C–N with tert-alkyl or cyclic N) is 1. The highest BCUT2D eigenvalue weighted by Gasteiger charge is 2.46. The molecule has 2 unspecified atom stereocenters. The van der Waals surface area contributed by atoms with Crippen molar-refractivity contribution >= 4 is 46.2 Å². The molecule has 1 aliphatic carbocycles. The topological polar surface area (TPSA) is 219 Å². The number of aliphatic hydroxyl groups excluding tert-OH is 1. The number of ether oxygens (including phenoxy) is 1. The van der Waals surface area contributed by atoms with Crippen molar-refractivity contribution in [3.63, 3.8) is 0 Å². The number of aryl methyl sites for hydroxylation is 1. The van der Waals surface area contributed by atoms with Crippen molar-refractivity contribution in [2.45, 2.75) is 134 Å². The highest BCUT2D eigenvalue weighted by Crippen LogP contribution is 2.42. The number of aromatic nitrogens is 5. The van der Waals surface area contributed by atoms with E-state index in [2.05, 4.69) is 81.1 Å². The van der Waals surface area contributed by atoms with Crippen LogP contribution in [0.2, 0.25) is 0 Å². The molecule has 4 aromatic heterocycles. The number of anilines is 4. The number of phenolic OH excluding ortho intramolecular Hbond substituents is 1. The van der Waals surface area contributed by atoms with Gasteiger partial charge in [0.2, 0.25) is 17.7 Å². The Morgan fingerprint density at radius 1 is 0.867 bits per heavy atom. The highest BCUT2D eigenvalue weighted by atomic mass is 32.1. The minimum Gasteiger partial charge on any atom is -0.507 e. The van der Waals surface area contributed by atoms with Gasteiger partial charge in [0.05, 0.1) is 39.6 Å². The van der Waals surface area contributed by atoms with E-state index in [0.717, 1.165) is 123 Å². The van der Waals surface area contributed by atoms with Crippen LogP contribution in [0.1, 0.15) is 109 Å². The molecule has 5 saturated heterocycles. The average molecular weight is 1150 g/mol. The Labute approximate surface area is 491 Å². The standard InChI is InChI=1S/C63H81N13O6S/c1-38(2)58(62(80)75-36-48(77)30-53(75)61(79)67-39(3)42-11-13-43(14-12-42)59-40(4)66-37-83-59)55-32-56(70-82-55)72-23-25-74(26-24-72)63(5,6)44-18-21-71(22-19-44)33-41-27-49(28-41)81-57-29-45(17-20-65-57)76-46-15-16-47(76)35-73(34-46)52-31-51(68-69-60(52)64)50-9-7-8-10-54(50)78/h7-14,17,20,29,31-32,37-39,41,44,46-49,53,58,77-78H,15-16,18-19,21-28,30,33-36H2,1-6H3,(H2,64,69)(H,67,79)/t39-,41?,46?,47?,48+,49?,53-,58+/m0/s1. The third-order valence-corrected chi connectivity index (χ3v) is 20.2. The number of fused-ring (bicyclic) bond motifs is 2. The van der Waals surface area contributed by atoms with Gasteiger partial charge in [-0.2, -0.15) is 0 Å². The number of nitrogens with zero attached hydrogens (tertiary/aromatic N) is 11. The first kappa shape index (κ1) is 56.6. The molecule has 83 heavy (non-hydrogen) atoms. The van der Waals surface area contributed by atoms with Crippen molar-refractivity contribution in [2.75, 3.05) is 85.9 Å². The number of carbonyl (C=O) groups excluding carboxylic acids is 2. The number of nitrogen functional groups attached to an aromatic ring is 1. The smallest absolute Gasteiger partial charge is 0.243 e. The number of amides is 2. The molecule has 0 spiro atoms. The number of aromatic hydroxyl groups is 1. The maximum Gasteiger partial charge on any atom is 0.243 e. The van der Waals surface area contributed by atoms with Gasteiger partial charge in [0.1, 0.15) is 23.8 Å². The lowest BCUT2D eigenvalue weighted by molar-refractivity contribution is -0.141. The van der Waals surface area contributed by atoms with E-state index < -0.39 is 18.1 Å². The molecule has 0 radical (unpaired) electrons. The summed E-state index contributed by atoms with van der Waals surface area (Å²) in [5.74, 6) is 2.37. The number of nitrogens with two attached hydrogens (primary N) is 1. The van der Waals surface area contributed by atoms with Crippen LogP contribution in [0.3, 0.4) is 0 Å². The summed E-state index contributed by atoms with van der Waals surface area (Å²) in [5, 5.41) is 37.6. The molecular weight excluding hydrogens is 1070 g/mol. The minimum absolute atomic E-state index is 0.0442. The molecule has 9 heterocycles. The van der Waals surface area contributed by atoms with Gasteiger partial charge in [0.15, 0.2) is 17.4 Å². The normalized spacial score (nSPS) is 24.3. The Kier molecular flexibility index (Phi) is 16.1. The van der Waals surface area contributed by atoms with Crippen LogP contribution in [-0.2, 0) is 9.59 Å². The molecule has 6 aromatic rings. The van der Waals surface area contributed by atoms with Gasteiger partial charge in [0, 0.05) is 106 Å². The zero-order valence-electron chi connectivity index (χ0n) is 48.8. The molecule has 1 saturated carbocycles. The molecule has 19 nitrogen and oxygen atoms in total. The number of rotatable bonds is 17. The largest absolute Gasteiger partial charge is 0.507 e. The molecule has 5 N–H and O–H groups in total. The number of pyridine rings is 1. The number of hydrogen-bond acceptors (Lipinski definition) is 18. The maximum atomic E-state index is 14.5. The second kappa shape index (κ2) is 23.6. The van der Waals surface area contributed by atoms with E-state index in [1.807, 2.05) is 87.9 Å². The van der Waals surface area contributed by atoms with Gasteiger partial charge in [-0.05, 0) is 132 Å². The van der Waals surface area contributed by atoms with E-state index in [1.165, 1.54) is 12.8 Å². The molecule has 6 fully saturated rings. The second-order valence-corrected chi connectivity index (χ2v) is 26.0. The third kappa shape index (κ3) is 11.7. The number of hydrogen-bond donors (Lipinski definition) is 4. The predicted molar refractivity (Wildman–Crippen MR) is 323 cm³/mol. The zero-order valence-corrected chi connectivity index (χ0v) is 49.6. The number of likely N-dealkylation sites (tertiary alicyclic amines) is 2. The van der Waals surface area contributed by atoms with Gasteiger partial charge in [0.25, 0.3) is 0 Å². The fourth-order valence-corrected chi connectivity index (χ4v) is 15.2. The van der Waals surface area contributed by atoms with E-state index in [-0.39, 0.29) is 54.1 Å². The number of para-hydroxylation sites is 1. The molecule has 20 heteroatoms. The van der Waals surface area contributed by atoms with E-state index in [0.29, 0.717) is 52.6 Å². The van der Waals surface area contributed by atoms with Crippen molar-refractivity contribution in [3.8, 4) is 33.3 Å². The van der Waals surface area contributed by atoms with Gasteiger partial charge >= 0.3 is 0 Å². The molecule has 6 aliphatic rings. The molecule has 2 bridgehead atoms. The summed E-state index contributed by atoms with van der Waals surface area (Å²) >= 11 is 1.60. The van der Waals surface area contributed by atoms with Gasteiger partial charge in [-0.25, -0.2) is 9.97 Å². The first-order chi connectivity index (χ1) is 40.0. The second-order valence-electron chi connectivity index (χ2n) is 25.2. The number of piperidine rings is 1. The van der Waals surface area contributed by atoms with Gasteiger partial charge < -0.3 is 55.0 Å². The Hall–Kier alpha value is -6.87. The van der Waals surface area contributed by atoms with Gasteiger partial charge in [-0.15, -0.1) is 21.5 Å². The van der Waals surface area contributed by atoms with Crippen molar-refractivity contribution in [3.05, 3.63) is 102 Å². The van der Waals surface area contributed by atoms with Crippen LogP contribution in [0.15, 0.2) is 89.0 Å². The summed E-state index contributed by atoms with van der Waals surface area (Å²) in [6.07, 6.45) is 8.05. The van der Waals surface area contributed by atoms with Crippen molar-refractivity contribution in [1.29, 1.82) is 0 Å². The van der Waals surface area contributed by atoms with Crippen LogP contribution in [0.4, 0.5) is 23.0 Å². The monoisotopic (exact) mass is 1150 g/mol. The van der Waals surface area contributed by atoms with E-state index in [1.54, 1.807) is 28.4 Å². The fraction of sp³-hybridized carbons (Fsp3) is 0.540. The minimum atomic E-state index is -0.805. The van der Waals surface area contributed by atoms with Crippen LogP contribution >= 0.6 is 11.3 Å². The lowest BCUT2D eigenvalue weighted by atomic mass is 9.77. The summed E-state index contributed by atoms with van der Waals surface area (Å²) in [5.41, 5.74) is 14.6. The van der Waals surface area contributed by atoms with Crippen LogP contribution in [0, 0.1) is 24.7 Å². The first-order valence-electron chi connectivity index (χ1n) is 30.1. The number of nitrogens with one attached hydrogen (secondary N) is 1. The Morgan fingerprint density at radius 3 is 2.30 bits per heavy atom. The molecule has 2 amide bonds. The van der Waals surface area contributed by atoms with E-state index in [9.17, 15) is 19.8 Å². The number of thiazole rings is 1. The molecule has 2 aromatic carbocycles. The summed E-state index contributed by atoms with van der Waals surface area (Å²) in [4.78, 5) is 52.5. The maximum absolute atomic E-state index is 14.5. The molecular formula is C63H81N13O6S. The molecule has 6 atom stereocenters. The molecule has 12 rings (SSSR count). The Bertz CT molecular complexity index is 3230. The SMILES string of the molecule is Cc1ncsc1-c1ccc([C@H](C)NC(=O)[C@@H]2C[C@@H](O)CN2C(=O)[C@@H](c2cc(N3CCN(C(C)(C)C4CCN(CC5CC(Oc6cc(N7C8CCC7CN(c7cc(-c9ccccc9O)nnc7N)C8)ccn6)C5)CC4)CC3)no2)C(C)C)cc1. The molecule has 5 aliphatic heterocycles. The lowest BCUT2D eigenvalue weighted by Crippen LogP contribution is -2.59. The van der Waals surface area contributed by atoms with Crippen LogP contribution in [-0.4, -0.2) is 163 Å². The number of aliphatic hydroxyl groups is 1. The number of phenols is 1. The number of benzene rings is 2. The van der Waals surface area contributed by atoms with Crippen molar-refractivity contribution in [1.82, 2.24) is 45.3 Å². The van der Waals surface area contributed by atoms with E-state index in [4.69, 9.17) is 15.0 Å². The van der Waals surface area contributed by atoms with E-state index >= 15 is 0 Å². The summed E-state index contributed by atoms with van der Waals surface area (Å²) < 4.78 is 12.5. The zero-order chi connectivity index (χ0) is 57.7. The average Bonchev–Trinajstić information content (AvgIpc) is 4.49. The quantitative estimate of drug-likeness (QED) is 0.0677. The fourth-order valence-electron chi connectivity index (χ4n) is 14.3. The summed E-state index contributed by atoms with van der Waals surface area (Å²) in [6.45, 7) is 21.2. The van der Waals surface area contributed by atoms with Gasteiger partial charge in [-0.3, -0.25) is 14.5 Å². The Balaban J connectivity index is 0.581. The number of piperazine rings is 2.